The minimum absolute atomic E-state index is 0.676. The van der Waals surface area contributed by atoms with Crippen LogP contribution in [0.3, 0.4) is 0 Å². The normalized spacial score (nSPS) is 11.0. The standard InChI is InChI=1S/C14H19ClN4OS/c1-10-17-18-14(19(10)2)21-13-6-4-5-12(15)11(13)9-16-7-8-20-3/h4-6,16H,7-9H2,1-3H3. The fraction of sp³-hybridized carbons (Fsp3) is 0.429. The number of rotatable bonds is 7. The van der Waals surface area contributed by atoms with E-state index in [0.29, 0.717) is 13.2 Å². The van der Waals surface area contributed by atoms with Gasteiger partial charge in [-0.25, -0.2) is 0 Å². The van der Waals surface area contributed by atoms with Crippen molar-refractivity contribution in [1.82, 2.24) is 20.1 Å². The summed E-state index contributed by atoms with van der Waals surface area (Å²) in [6, 6.07) is 5.90. The molecule has 0 saturated heterocycles. The van der Waals surface area contributed by atoms with Gasteiger partial charge in [0.1, 0.15) is 5.82 Å². The molecule has 2 rings (SSSR count). The van der Waals surface area contributed by atoms with E-state index < -0.39 is 0 Å². The molecule has 1 aromatic heterocycles. The summed E-state index contributed by atoms with van der Waals surface area (Å²) in [5, 5.41) is 13.2. The first-order valence-electron chi connectivity index (χ1n) is 6.64. The van der Waals surface area contributed by atoms with E-state index in [1.807, 2.05) is 36.7 Å². The van der Waals surface area contributed by atoms with Crippen molar-refractivity contribution in [2.24, 2.45) is 7.05 Å². The fourth-order valence-corrected chi connectivity index (χ4v) is 3.07. The van der Waals surface area contributed by atoms with Gasteiger partial charge in [-0.1, -0.05) is 17.7 Å². The smallest absolute Gasteiger partial charge is 0.195 e. The highest BCUT2D eigenvalue weighted by atomic mass is 35.5. The Hall–Kier alpha value is -1.08. The molecule has 21 heavy (non-hydrogen) atoms. The second-order valence-electron chi connectivity index (χ2n) is 4.58. The van der Waals surface area contributed by atoms with Gasteiger partial charge in [-0.3, -0.25) is 0 Å². The molecule has 0 atom stereocenters. The quantitative estimate of drug-likeness (QED) is 0.793. The van der Waals surface area contributed by atoms with Crippen LogP contribution in [0.2, 0.25) is 5.02 Å². The van der Waals surface area contributed by atoms with Crippen molar-refractivity contribution in [2.75, 3.05) is 20.3 Å². The van der Waals surface area contributed by atoms with Gasteiger partial charge in [0.25, 0.3) is 0 Å². The second kappa shape index (κ2) is 7.79. The SMILES string of the molecule is COCCNCc1c(Cl)cccc1Sc1nnc(C)n1C. The van der Waals surface area contributed by atoms with Crippen LogP contribution in [0.15, 0.2) is 28.3 Å². The number of ether oxygens (including phenoxy) is 1. The predicted molar refractivity (Wildman–Crippen MR) is 84.9 cm³/mol. The highest BCUT2D eigenvalue weighted by molar-refractivity contribution is 7.99. The predicted octanol–water partition coefficient (Wildman–Crippen LogP) is 2.66. The molecule has 5 nitrogen and oxygen atoms in total. The van der Waals surface area contributed by atoms with Crippen molar-refractivity contribution in [1.29, 1.82) is 0 Å². The third-order valence-electron chi connectivity index (χ3n) is 3.11. The van der Waals surface area contributed by atoms with Crippen molar-refractivity contribution < 1.29 is 4.74 Å². The Balaban J connectivity index is 2.15. The molecule has 2 aromatic rings. The minimum Gasteiger partial charge on any atom is -0.383 e. The van der Waals surface area contributed by atoms with Crippen LogP contribution in [0.5, 0.6) is 0 Å². The van der Waals surface area contributed by atoms with Gasteiger partial charge in [-0.05, 0) is 36.4 Å². The lowest BCUT2D eigenvalue weighted by atomic mass is 10.2. The van der Waals surface area contributed by atoms with Crippen molar-refractivity contribution in [3.63, 3.8) is 0 Å². The van der Waals surface area contributed by atoms with Crippen LogP contribution in [0.25, 0.3) is 0 Å². The van der Waals surface area contributed by atoms with Gasteiger partial charge in [0, 0.05) is 37.2 Å². The molecule has 0 amide bonds. The highest BCUT2D eigenvalue weighted by Gasteiger charge is 2.12. The van der Waals surface area contributed by atoms with E-state index in [1.54, 1.807) is 18.9 Å². The maximum Gasteiger partial charge on any atom is 0.195 e. The Bertz CT molecular complexity index is 603. The summed E-state index contributed by atoms with van der Waals surface area (Å²) in [7, 11) is 3.65. The number of methoxy groups -OCH3 is 1. The van der Waals surface area contributed by atoms with Crippen LogP contribution in [0, 0.1) is 6.92 Å². The number of hydrogen-bond acceptors (Lipinski definition) is 5. The number of hydrogen-bond donors (Lipinski definition) is 1. The summed E-state index contributed by atoms with van der Waals surface area (Å²) in [4.78, 5) is 1.09. The van der Waals surface area contributed by atoms with Crippen molar-refractivity contribution in [3.8, 4) is 0 Å². The Morgan fingerprint density at radius 1 is 1.38 bits per heavy atom. The Morgan fingerprint density at radius 2 is 2.19 bits per heavy atom. The van der Waals surface area contributed by atoms with Crippen LogP contribution in [-0.4, -0.2) is 35.0 Å². The molecular weight excluding hydrogens is 308 g/mol. The largest absolute Gasteiger partial charge is 0.383 e. The Labute approximate surface area is 134 Å². The van der Waals surface area contributed by atoms with E-state index in [9.17, 15) is 0 Å². The average molecular weight is 327 g/mol. The van der Waals surface area contributed by atoms with E-state index >= 15 is 0 Å². The third-order valence-corrected chi connectivity index (χ3v) is 4.61. The topological polar surface area (TPSA) is 52.0 Å². The Morgan fingerprint density at radius 3 is 2.86 bits per heavy atom. The molecule has 0 spiro atoms. The first-order chi connectivity index (χ1) is 10.1. The van der Waals surface area contributed by atoms with Gasteiger partial charge in [-0.15, -0.1) is 10.2 Å². The Kier molecular flexibility index (Phi) is 6.05. The minimum atomic E-state index is 0.676. The summed E-state index contributed by atoms with van der Waals surface area (Å²) in [6.07, 6.45) is 0. The lowest BCUT2D eigenvalue weighted by Gasteiger charge is -2.11. The van der Waals surface area contributed by atoms with Crippen molar-refractivity contribution in [2.45, 2.75) is 23.5 Å². The van der Waals surface area contributed by atoms with Crippen molar-refractivity contribution in [3.05, 3.63) is 34.6 Å². The van der Waals surface area contributed by atoms with Crippen LogP contribution >= 0.6 is 23.4 Å². The van der Waals surface area contributed by atoms with E-state index in [2.05, 4.69) is 15.5 Å². The number of halogens is 1. The van der Waals surface area contributed by atoms with Gasteiger partial charge in [0.15, 0.2) is 5.16 Å². The highest BCUT2D eigenvalue weighted by Crippen LogP contribution is 2.32. The first-order valence-corrected chi connectivity index (χ1v) is 7.83. The molecule has 0 aliphatic heterocycles. The summed E-state index contributed by atoms with van der Waals surface area (Å²) in [5.41, 5.74) is 1.07. The molecule has 1 aromatic carbocycles. The van der Waals surface area contributed by atoms with E-state index in [0.717, 1.165) is 33.0 Å². The molecule has 1 heterocycles. The van der Waals surface area contributed by atoms with Crippen LogP contribution in [-0.2, 0) is 18.3 Å². The second-order valence-corrected chi connectivity index (χ2v) is 5.99. The van der Waals surface area contributed by atoms with E-state index in [-0.39, 0.29) is 0 Å². The fourth-order valence-electron chi connectivity index (χ4n) is 1.77. The van der Waals surface area contributed by atoms with Gasteiger partial charge in [-0.2, -0.15) is 0 Å². The van der Waals surface area contributed by atoms with E-state index in [4.69, 9.17) is 16.3 Å². The van der Waals surface area contributed by atoms with Gasteiger partial charge in [0.2, 0.25) is 0 Å². The molecule has 1 N–H and O–H groups in total. The number of aromatic nitrogens is 3. The third kappa shape index (κ3) is 4.20. The number of benzene rings is 1. The number of nitrogens with one attached hydrogen (secondary N) is 1. The molecule has 114 valence electrons. The molecule has 0 fully saturated rings. The first kappa shape index (κ1) is 16.3. The van der Waals surface area contributed by atoms with Gasteiger partial charge < -0.3 is 14.6 Å². The monoisotopic (exact) mass is 326 g/mol. The lowest BCUT2D eigenvalue weighted by molar-refractivity contribution is 0.199. The van der Waals surface area contributed by atoms with Crippen LogP contribution < -0.4 is 5.32 Å². The van der Waals surface area contributed by atoms with Gasteiger partial charge in [0.05, 0.1) is 6.61 Å². The zero-order chi connectivity index (χ0) is 15.2. The maximum absolute atomic E-state index is 6.33. The molecule has 7 heteroatoms. The van der Waals surface area contributed by atoms with E-state index in [1.165, 1.54) is 0 Å². The van der Waals surface area contributed by atoms with Crippen molar-refractivity contribution >= 4 is 23.4 Å². The summed E-state index contributed by atoms with van der Waals surface area (Å²) in [5.74, 6) is 0.888. The number of nitrogens with zero attached hydrogens (tertiary/aromatic N) is 3. The molecule has 0 saturated carbocycles. The molecule has 0 aliphatic carbocycles. The van der Waals surface area contributed by atoms with Gasteiger partial charge >= 0.3 is 0 Å². The number of aryl methyl sites for hydroxylation is 1. The molecule has 0 aliphatic rings. The zero-order valence-corrected chi connectivity index (χ0v) is 14.0. The van der Waals surface area contributed by atoms with Crippen LogP contribution in [0.4, 0.5) is 0 Å². The molecule has 0 bridgehead atoms. The zero-order valence-electron chi connectivity index (χ0n) is 12.4. The average Bonchev–Trinajstić information content (AvgIpc) is 2.78. The summed E-state index contributed by atoms with van der Waals surface area (Å²) >= 11 is 7.90. The summed E-state index contributed by atoms with van der Waals surface area (Å²) in [6.45, 7) is 4.09. The molecule has 0 unspecified atom stereocenters. The lowest BCUT2D eigenvalue weighted by Crippen LogP contribution is -2.19. The molecule has 0 radical (unpaired) electrons. The maximum atomic E-state index is 6.33. The van der Waals surface area contributed by atoms with Crippen LogP contribution in [0.1, 0.15) is 11.4 Å². The molecular formula is C14H19ClN4OS. The summed E-state index contributed by atoms with van der Waals surface area (Å²) < 4.78 is 7.00.